The van der Waals surface area contributed by atoms with Gasteiger partial charge in [-0.25, -0.2) is 0 Å². The zero-order chi connectivity index (χ0) is 17.2. The van der Waals surface area contributed by atoms with Gasteiger partial charge in [-0.15, -0.1) is 0 Å². The van der Waals surface area contributed by atoms with Crippen LogP contribution >= 0.6 is 0 Å². The van der Waals surface area contributed by atoms with E-state index in [4.69, 9.17) is 0 Å². The Hall–Kier alpha value is -2.66. The lowest BCUT2D eigenvalue weighted by atomic mass is 9.89. The van der Waals surface area contributed by atoms with E-state index in [-0.39, 0.29) is 10.6 Å². The Morgan fingerprint density at radius 1 is 1.08 bits per heavy atom. The number of rotatable bonds is 4. The van der Waals surface area contributed by atoms with Gasteiger partial charge in [-0.3, -0.25) is 15.0 Å². The molecule has 2 aromatic carbocycles. The predicted octanol–water partition coefficient (Wildman–Crippen LogP) is 4.46. The van der Waals surface area contributed by atoms with E-state index >= 15 is 0 Å². The topological polar surface area (TPSA) is 62.2 Å². The van der Waals surface area contributed by atoms with Crippen LogP contribution in [0.4, 0.5) is 5.69 Å². The van der Waals surface area contributed by atoms with E-state index in [0.717, 1.165) is 38.0 Å². The highest BCUT2D eigenvalue weighted by molar-refractivity contribution is 5.83. The lowest BCUT2D eigenvalue weighted by Crippen LogP contribution is -2.32. The molecule has 1 N–H and O–H groups in total. The molecule has 0 bridgehead atoms. The maximum atomic E-state index is 10.7. The van der Waals surface area contributed by atoms with Gasteiger partial charge >= 0.3 is 0 Å². The molecule has 1 fully saturated rings. The number of hydrogen-bond acceptors (Lipinski definition) is 3. The van der Waals surface area contributed by atoms with Gasteiger partial charge in [0.15, 0.2) is 0 Å². The average molecular weight is 335 g/mol. The number of likely N-dealkylation sites (tertiary alicyclic amines) is 1. The van der Waals surface area contributed by atoms with Crippen molar-refractivity contribution in [3.05, 3.63) is 76.0 Å². The van der Waals surface area contributed by atoms with Crippen LogP contribution in [0.2, 0.25) is 0 Å². The SMILES string of the molecule is O=[N+]([O-])c1ccc(CN2CCC(c3c[nH]c4ccccc34)CC2)cc1. The van der Waals surface area contributed by atoms with Crippen molar-refractivity contribution in [1.29, 1.82) is 0 Å². The number of para-hydroxylation sites is 1. The smallest absolute Gasteiger partial charge is 0.269 e. The molecule has 1 aliphatic rings. The van der Waals surface area contributed by atoms with Gasteiger partial charge < -0.3 is 4.98 Å². The molecule has 5 nitrogen and oxygen atoms in total. The van der Waals surface area contributed by atoms with E-state index < -0.39 is 0 Å². The highest BCUT2D eigenvalue weighted by Gasteiger charge is 2.22. The molecule has 5 heteroatoms. The van der Waals surface area contributed by atoms with Crippen LogP contribution in [-0.4, -0.2) is 27.9 Å². The molecule has 0 amide bonds. The summed E-state index contributed by atoms with van der Waals surface area (Å²) < 4.78 is 0. The minimum atomic E-state index is -0.351. The van der Waals surface area contributed by atoms with E-state index in [2.05, 4.69) is 40.3 Å². The van der Waals surface area contributed by atoms with Gasteiger partial charge in [0.25, 0.3) is 5.69 Å². The molecule has 1 saturated heterocycles. The second-order valence-electron chi connectivity index (χ2n) is 6.76. The van der Waals surface area contributed by atoms with Gasteiger partial charge in [-0.2, -0.15) is 0 Å². The van der Waals surface area contributed by atoms with Crippen molar-refractivity contribution >= 4 is 16.6 Å². The molecule has 128 valence electrons. The van der Waals surface area contributed by atoms with E-state index in [9.17, 15) is 10.1 Å². The molecule has 0 unspecified atom stereocenters. The minimum absolute atomic E-state index is 0.154. The lowest BCUT2D eigenvalue weighted by molar-refractivity contribution is -0.384. The van der Waals surface area contributed by atoms with Crippen LogP contribution in [0.3, 0.4) is 0 Å². The second kappa shape index (κ2) is 6.69. The number of piperidine rings is 1. The van der Waals surface area contributed by atoms with Crippen molar-refractivity contribution in [1.82, 2.24) is 9.88 Å². The van der Waals surface area contributed by atoms with Gasteiger partial charge in [0.2, 0.25) is 0 Å². The summed E-state index contributed by atoms with van der Waals surface area (Å²) in [5, 5.41) is 12.1. The molecular formula is C20H21N3O2. The molecule has 1 aromatic heterocycles. The summed E-state index contributed by atoms with van der Waals surface area (Å²) in [5.41, 5.74) is 3.94. The number of nitrogens with zero attached hydrogens (tertiary/aromatic N) is 2. The summed E-state index contributed by atoms with van der Waals surface area (Å²) >= 11 is 0. The molecule has 0 radical (unpaired) electrons. The van der Waals surface area contributed by atoms with Crippen LogP contribution in [-0.2, 0) is 6.54 Å². The number of nitro groups is 1. The Balaban J connectivity index is 1.39. The first-order valence-corrected chi connectivity index (χ1v) is 8.72. The molecule has 0 spiro atoms. The molecule has 1 aliphatic heterocycles. The predicted molar refractivity (Wildman–Crippen MR) is 98.6 cm³/mol. The van der Waals surface area contributed by atoms with Crippen molar-refractivity contribution in [3.8, 4) is 0 Å². The quantitative estimate of drug-likeness (QED) is 0.566. The third-order valence-corrected chi connectivity index (χ3v) is 5.20. The number of fused-ring (bicyclic) bond motifs is 1. The molecule has 0 aliphatic carbocycles. The van der Waals surface area contributed by atoms with Crippen LogP contribution in [0.25, 0.3) is 10.9 Å². The first kappa shape index (κ1) is 15.8. The largest absolute Gasteiger partial charge is 0.361 e. The van der Waals surface area contributed by atoms with Crippen molar-refractivity contribution in [2.24, 2.45) is 0 Å². The summed E-state index contributed by atoms with van der Waals surface area (Å²) in [7, 11) is 0. The molecular weight excluding hydrogens is 314 g/mol. The van der Waals surface area contributed by atoms with Crippen LogP contribution in [0, 0.1) is 10.1 Å². The molecule has 25 heavy (non-hydrogen) atoms. The third kappa shape index (κ3) is 3.28. The summed E-state index contributed by atoms with van der Waals surface area (Å²) in [6, 6.07) is 15.4. The van der Waals surface area contributed by atoms with Crippen LogP contribution in [0.1, 0.15) is 29.9 Å². The van der Waals surface area contributed by atoms with Crippen molar-refractivity contribution in [2.45, 2.75) is 25.3 Å². The molecule has 0 atom stereocenters. The van der Waals surface area contributed by atoms with E-state index in [1.807, 2.05) is 12.1 Å². The standard InChI is InChI=1S/C20H21N3O2/c24-23(25)17-7-5-15(6-8-17)14-22-11-9-16(10-12-22)19-13-21-20-4-2-1-3-18(19)20/h1-8,13,16,21H,9-12,14H2. The maximum absolute atomic E-state index is 10.7. The fourth-order valence-electron chi connectivity index (χ4n) is 3.82. The molecule has 2 heterocycles. The maximum Gasteiger partial charge on any atom is 0.269 e. The zero-order valence-electron chi connectivity index (χ0n) is 14.0. The number of aromatic nitrogens is 1. The highest BCUT2D eigenvalue weighted by atomic mass is 16.6. The van der Waals surface area contributed by atoms with Crippen LogP contribution in [0.15, 0.2) is 54.7 Å². The zero-order valence-corrected chi connectivity index (χ0v) is 14.0. The summed E-state index contributed by atoms with van der Waals surface area (Å²) in [5.74, 6) is 0.601. The van der Waals surface area contributed by atoms with E-state index in [1.165, 1.54) is 16.5 Å². The van der Waals surface area contributed by atoms with E-state index in [0.29, 0.717) is 5.92 Å². The number of non-ortho nitro benzene ring substituents is 1. The Morgan fingerprint density at radius 2 is 1.80 bits per heavy atom. The first-order valence-electron chi connectivity index (χ1n) is 8.72. The fourth-order valence-corrected chi connectivity index (χ4v) is 3.82. The van der Waals surface area contributed by atoms with Gasteiger partial charge in [-0.1, -0.05) is 30.3 Å². The molecule has 0 saturated carbocycles. The van der Waals surface area contributed by atoms with Crippen LogP contribution < -0.4 is 0 Å². The number of nitrogens with one attached hydrogen (secondary N) is 1. The Kier molecular flexibility index (Phi) is 4.24. The first-order chi connectivity index (χ1) is 12.2. The summed E-state index contributed by atoms with van der Waals surface area (Å²) in [6.07, 6.45) is 4.46. The summed E-state index contributed by atoms with van der Waals surface area (Å²) in [6.45, 7) is 2.97. The Bertz CT molecular complexity index is 877. The van der Waals surface area contributed by atoms with Gasteiger partial charge in [-0.05, 0) is 49.0 Å². The number of nitro benzene ring substituents is 1. The second-order valence-corrected chi connectivity index (χ2v) is 6.76. The van der Waals surface area contributed by atoms with Crippen molar-refractivity contribution < 1.29 is 4.92 Å². The normalized spacial score (nSPS) is 16.3. The molecule has 4 rings (SSSR count). The number of hydrogen-bond donors (Lipinski definition) is 1. The highest BCUT2D eigenvalue weighted by Crippen LogP contribution is 2.33. The summed E-state index contributed by atoms with van der Waals surface area (Å²) in [4.78, 5) is 16.2. The Labute approximate surface area is 146 Å². The lowest BCUT2D eigenvalue weighted by Gasteiger charge is -2.32. The monoisotopic (exact) mass is 335 g/mol. The van der Waals surface area contributed by atoms with E-state index in [1.54, 1.807) is 12.1 Å². The van der Waals surface area contributed by atoms with Crippen LogP contribution in [0.5, 0.6) is 0 Å². The number of H-pyrrole nitrogens is 1. The van der Waals surface area contributed by atoms with Gasteiger partial charge in [0.1, 0.15) is 0 Å². The van der Waals surface area contributed by atoms with Crippen molar-refractivity contribution in [3.63, 3.8) is 0 Å². The van der Waals surface area contributed by atoms with Gasteiger partial charge in [0.05, 0.1) is 4.92 Å². The Morgan fingerprint density at radius 3 is 2.52 bits per heavy atom. The number of benzene rings is 2. The molecule has 3 aromatic rings. The third-order valence-electron chi connectivity index (χ3n) is 5.20. The van der Waals surface area contributed by atoms with Crippen molar-refractivity contribution in [2.75, 3.05) is 13.1 Å². The number of aromatic amines is 1. The average Bonchev–Trinajstić information content (AvgIpc) is 3.07. The minimum Gasteiger partial charge on any atom is -0.361 e. The fraction of sp³-hybridized carbons (Fsp3) is 0.300. The van der Waals surface area contributed by atoms with Gasteiger partial charge in [0, 0.05) is 35.8 Å².